The van der Waals surface area contributed by atoms with Crippen molar-refractivity contribution in [2.24, 2.45) is 0 Å². The predicted octanol–water partition coefficient (Wildman–Crippen LogP) is 1.33. The Morgan fingerprint density at radius 2 is 1.87 bits per heavy atom. The van der Waals surface area contributed by atoms with Gasteiger partial charge in [-0.15, -0.1) is 0 Å². The van der Waals surface area contributed by atoms with Gasteiger partial charge in [0.25, 0.3) is 0 Å². The molecule has 15 heavy (non-hydrogen) atoms. The minimum absolute atomic E-state index is 0.142. The first kappa shape index (κ1) is 14.4. The number of aliphatic hydroxyl groups is 1. The fraction of sp³-hybridized carbons (Fsp3) is 0.909. The predicted molar refractivity (Wildman–Crippen MR) is 59.9 cm³/mol. The third kappa shape index (κ3) is 6.47. The summed E-state index contributed by atoms with van der Waals surface area (Å²) < 4.78 is 0. The van der Waals surface area contributed by atoms with Gasteiger partial charge in [-0.2, -0.15) is 0 Å². The van der Waals surface area contributed by atoms with Gasteiger partial charge in [-0.3, -0.25) is 9.69 Å². The molecule has 4 nitrogen and oxygen atoms in total. The Kier molecular flexibility index (Phi) is 8.33. The number of nitrogens with zero attached hydrogens (tertiary/aromatic N) is 1. The summed E-state index contributed by atoms with van der Waals surface area (Å²) in [6.07, 6.45) is 2.96. The minimum Gasteiger partial charge on any atom is -0.481 e. The van der Waals surface area contributed by atoms with Gasteiger partial charge in [-0.25, -0.2) is 0 Å². The zero-order valence-corrected chi connectivity index (χ0v) is 9.78. The second kappa shape index (κ2) is 8.68. The van der Waals surface area contributed by atoms with Crippen LogP contribution in [0.4, 0.5) is 0 Å². The molecule has 0 fully saturated rings. The van der Waals surface area contributed by atoms with Gasteiger partial charge in [0.05, 0.1) is 6.61 Å². The van der Waals surface area contributed by atoms with Crippen LogP contribution >= 0.6 is 0 Å². The van der Waals surface area contributed by atoms with E-state index in [0.29, 0.717) is 19.0 Å². The topological polar surface area (TPSA) is 60.8 Å². The molecule has 0 rings (SSSR count). The van der Waals surface area contributed by atoms with Crippen LogP contribution < -0.4 is 0 Å². The first-order valence-electron chi connectivity index (χ1n) is 5.72. The molecule has 4 heteroatoms. The smallest absolute Gasteiger partial charge is 0.303 e. The number of hydrogen-bond donors (Lipinski definition) is 2. The highest BCUT2D eigenvalue weighted by molar-refractivity contribution is 5.66. The van der Waals surface area contributed by atoms with Crippen LogP contribution in [0.15, 0.2) is 0 Å². The lowest BCUT2D eigenvalue weighted by molar-refractivity contribution is -0.137. The van der Waals surface area contributed by atoms with Crippen molar-refractivity contribution in [3.8, 4) is 0 Å². The van der Waals surface area contributed by atoms with Gasteiger partial charge in [0.15, 0.2) is 0 Å². The van der Waals surface area contributed by atoms with Crippen molar-refractivity contribution in [3.05, 3.63) is 0 Å². The molecule has 0 aromatic heterocycles. The molecule has 0 saturated carbocycles. The fourth-order valence-corrected chi connectivity index (χ4v) is 1.84. The summed E-state index contributed by atoms with van der Waals surface area (Å²) in [5, 5.41) is 17.5. The molecule has 0 aromatic rings. The Morgan fingerprint density at radius 1 is 1.27 bits per heavy atom. The van der Waals surface area contributed by atoms with Crippen LogP contribution in [-0.2, 0) is 4.79 Å². The van der Waals surface area contributed by atoms with E-state index < -0.39 is 5.97 Å². The summed E-state index contributed by atoms with van der Waals surface area (Å²) >= 11 is 0. The lowest BCUT2D eigenvalue weighted by Gasteiger charge is -2.29. The maximum absolute atomic E-state index is 10.4. The molecule has 0 amide bonds. The third-order valence-corrected chi connectivity index (χ3v) is 2.68. The maximum atomic E-state index is 10.4. The Morgan fingerprint density at radius 3 is 2.27 bits per heavy atom. The highest BCUT2D eigenvalue weighted by atomic mass is 16.4. The van der Waals surface area contributed by atoms with E-state index in [1.807, 2.05) is 0 Å². The number of aliphatic hydroxyl groups excluding tert-OH is 1. The summed E-state index contributed by atoms with van der Waals surface area (Å²) in [7, 11) is 0. The summed E-state index contributed by atoms with van der Waals surface area (Å²) in [5.41, 5.74) is 0. The van der Waals surface area contributed by atoms with Gasteiger partial charge >= 0.3 is 5.97 Å². The lowest BCUT2D eigenvalue weighted by Crippen LogP contribution is -2.37. The molecule has 0 unspecified atom stereocenters. The molecule has 0 heterocycles. The van der Waals surface area contributed by atoms with Crippen molar-refractivity contribution >= 4 is 5.97 Å². The van der Waals surface area contributed by atoms with E-state index in [4.69, 9.17) is 10.2 Å². The fourth-order valence-electron chi connectivity index (χ4n) is 1.84. The highest BCUT2D eigenvalue weighted by Gasteiger charge is 2.14. The zero-order valence-electron chi connectivity index (χ0n) is 9.78. The molecule has 0 atom stereocenters. The Hall–Kier alpha value is -0.610. The molecule has 2 N–H and O–H groups in total. The zero-order chi connectivity index (χ0) is 11.7. The molecule has 0 radical (unpaired) electrons. The molecule has 90 valence electrons. The third-order valence-electron chi connectivity index (χ3n) is 2.68. The van der Waals surface area contributed by atoms with Crippen molar-refractivity contribution in [1.29, 1.82) is 0 Å². The van der Waals surface area contributed by atoms with Gasteiger partial charge < -0.3 is 10.2 Å². The Labute approximate surface area is 91.9 Å². The number of rotatable bonds is 9. The van der Waals surface area contributed by atoms with E-state index in [1.165, 1.54) is 0 Å². The van der Waals surface area contributed by atoms with Gasteiger partial charge in [-0.1, -0.05) is 13.8 Å². The number of carboxylic acids is 1. The largest absolute Gasteiger partial charge is 0.481 e. The van der Waals surface area contributed by atoms with Crippen molar-refractivity contribution in [3.63, 3.8) is 0 Å². The average Bonchev–Trinajstić information content (AvgIpc) is 2.19. The molecular weight excluding hydrogens is 194 g/mol. The van der Waals surface area contributed by atoms with Crippen molar-refractivity contribution in [2.75, 3.05) is 19.7 Å². The summed E-state index contributed by atoms with van der Waals surface area (Å²) in [6, 6.07) is 0.464. The van der Waals surface area contributed by atoms with Gasteiger partial charge in [-0.05, 0) is 25.8 Å². The molecule has 0 bridgehead atoms. The number of aliphatic carboxylic acids is 1. The quantitative estimate of drug-likeness (QED) is 0.611. The second-order valence-corrected chi connectivity index (χ2v) is 3.73. The molecule has 0 aromatic carbocycles. The molecule has 0 saturated heterocycles. The van der Waals surface area contributed by atoms with Crippen LogP contribution in [0.5, 0.6) is 0 Å². The van der Waals surface area contributed by atoms with Gasteiger partial charge in [0.1, 0.15) is 0 Å². The Balaban J connectivity index is 3.96. The van der Waals surface area contributed by atoms with Crippen LogP contribution in [0.3, 0.4) is 0 Å². The van der Waals surface area contributed by atoms with E-state index in [2.05, 4.69) is 18.7 Å². The van der Waals surface area contributed by atoms with E-state index in [1.54, 1.807) is 0 Å². The highest BCUT2D eigenvalue weighted by Crippen LogP contribution is 2.09. The molecule has 0 aliphatic heterocycles. The number of hydrogen-bond acceptors (Lipinski definition) is 3. The van der Waals surface area contributed by atoms with E-state index in [9.17, 15) is 4.79 Å². The molecule has 0 aliphatic carbocycles. The van der Waals surface area contributed by atoms with Crippen LogP contribution in [0.2, 0.25) is 0 Å². The normalized spacial score (nSPS) is 11.3. The van der Waals surface area contributed by atoms with Gasteiger partial charge in [0.2, 0.25) is 0 Å². The molecular formula is C11H23NO3. The van der Waals surface area contributed by atoms with Crippen LogP contribution in [0.1, 0.15) is 39.5 Å². The summed E-state index contributed by atoms with van der Waals surface area (Å²) in [4.78, 5) is 12.6. The first-order chi connectivity index (χ1) is 7.15. The maximum Gasteiger partial charge on any atom is 0.303 e. The lowest BCUT2D eigenvalue weighted by atomic mass is 10.1. The summed E-state index contributed by atoms with van der Waals surface area (Å²) in [6.45, 7) is 5.79. The second-order valence-electron chi connectivity index (χ2n) is 3.73. The average molecular weight is 217 g/mol. The molecule has 0 spiro atoms. The standard InChI is InChI=1S/C11H23NO3/c1-3-10(4-2)12(8-9-13)7-5-6-11(14)15/h10,13H,3-9H2,1-2H3,(H,14,15). The Bertz CT molecular complexity index is 169. The minimum atomic E-state index is -0.747. The van der Waals surface area contributed by atoms with Crippen LogP contribution in [0, 0.1) is 0 Å². The van der Waals surface area contributed by atoms with Crippen molar-refractivity contribution in [1.82, 2.24) is 4.90 Å². The molecule has 0 aliphatic rings. The summed E-state index contributed by atoms with van der Waals surface area (Å²) in [5.74, 6) is -0.747. The number of carbonyl (C=O) groups is 1. The van der Waals surface area contributed by atoms with Crippen molar-refractivity contribution < 1.29 is 15.0 Å². The SMILES string of the molecule is CCC(CC)N(CCO)CCCC(=O)O. The van der Waals surface area contributed by atoms with Crippen LogP contribution in [-0.4, -0.2) is 46.8 Å². The monoisotopic (exact) mass is 217 g/mol. The number of carboxylic acid groups (broad SMARTS) is 1. The van der Waals surface area contributed by atoms with E-state index >= 15 is 0 Å². The van der Waals surface area contributed by atoms with Crippen LogP contribution in [0.25, 0.3) is 0 Å². The van der Waals surface area contributed by atoms with E-state index in [-0.39, 0.29) is 13.0 Å². The van der Waals surface area contributed by atoms with Gasteiger partial charge in [0, 0.05) is 19.0 Å². The van der Waals surface area contributed by atoms with E-state index in [0.717, 1.165) is 19.4 Å². The first-order valence-corrected chi connectivity index (χ1v) is 5.72. The van der Waals surface area contributed by atoms with Crippen molar-refractivity contribution in [2.45, 2.75) is 45.6 Å².